The van der Waals surface area contributed by atoms with E-state index in [9.17, 15) is 14.7 Å². The van der Waals surface area contributed by atoms with Gasteiger partial charge in [0, 0.05) is 5.70 Å². The number of nitrogens with one attached hydrogen (secondary N) is 2. The zero-order valence-electron chi connectivity index (χ0n) is 10.3. The maximum atomic E-state index is 11.8. The van der Waals surface area contributed by atoms with Crippen LogP contribution in [0.5, 0.6) is 5.75 Å². The average molecular weight is 262 g/mol. The number of esters is 1. The third-order valence-electron chi connectivity index (χ3n) is 2.98. The molecule has 100 valence electrons. The fourth-order valence-electron chi connectivity index (χ4n) is 2.05. The Balaban J connectivity index is 2.37. The van der Waals surface area contributed by atoms with Crippen LogP contribution in [0.1, 0.15) is 11.6 Å². The SMILES string of the molecule is C=C1NC(=O)NC(c2ccc(O)cc2)C1C(=O)OC. The number of hydrogen-bond acceptors (Lipinski definition) is 4. The summed E-state index contributed by atoms with van der Waals surface area (Å²) in [7, 11) is 1.28. The number of carbonyl (C=O) groups is 2. The Kier molecular flexibility index (Phi) is 3.41. The van der Waals surface area contributed by atoms with Gasteiger partial charge >= 0.3 is 12.0 Å². The first kappa shape index (κ1) is 12.9. The van der Waals surface area contributed by atoms with Crippen LogP contribution >= 0.6 is 0 Å². The maximum absolute atomic E-state index is 11.8. The van der Waals surface area contributed by atoms with Gasteiger partial charge in [0.2, 0.25) is 0 Å². The van der Waals surface area contributed by atoms with E-state index in [1.54, 1.807) is 12.1 Å². The van der Waals surface area contributed by atoms with Gasteiger partial charge in [-0.05, 0) is 17.7 Å². The molecule has 3 N–H and O–H groups in total. The molecule has 0 spiro atoms. The van der Waals surface area contributed by atoms with Crippen LogP contribution in [0.2, 0.25) is 0 Å². The molecule has 0 aliphatic carbocycles. The fraction of sp³-hybridized carbons (Fsp3) is 0.231. The lowest BCUT2D eigenvalue weighted by molar-refractivity contribution is -0.145. The van der Waals surface area contributed by atoms with Crippen LogP contribution in [0.25, 0.3) is 0 Å². The maximum Gasteiger partial charge on any atom is 0.319 e. The molecule has 2 unspecified atom stereocenters. The quantitative estimate of drug-likeness (QED) is 0.695. The smallest absolute Gasteiger partial charge is 0.319 e. The second kappa shape index (κ2) is 5.01. The minimum absolute atomic E-state index is 0.109. The topological polar surface area (TPSA) is 87.7 Å². The molecule has 1 aromatic rings. The lowest BCUT2D eigenvalue weighted by Gasteiger charge is -2.32. The molecule has 19 heavy (non-hydrogen) atoms. The highest BCUT2D eigenvalue weighted by Crippen LogP contribution is 2.30. The molecule has 1 aliphatic rings. The van der Waals surface area contributed by atoms with Crippen molar-refractivity contribution in [3.8, 4) is 5.75 Å². The molecular weight excluding hydrogens is 248 g/mol. The van der Waals surface area contributed by atoms with E-state index in [1.807, 2.05) is 0 Å². The monoisotopic (exact) mass is 262 g/mol. The number of methoxy groups -OCH3 is 1. The molecule has 2 atom stereocenters. The molecule has 6 heteroatoms. The summed E-state index contributed by atoms with van der Waals surface area (Å²) in [6.45, 7) is 3.69. The molecule has 0 bridgehead atoms. The number of urea groups is 1. The minimum atomic E-state index is -0.716. The van der Waals surface area contributed by atoms with Gasteiger partial charge in [-0.3, -0.25) is 4.79 Å². The molecule has 1 heterocycles. The van der Waals surface area contributed by atoms with Gasteiger partial charge in [0.15, 0.2) is 0 Å². The number of ether oxygens (including phenoxy) is 1. The van der Waals surface area contributed by atoms with Crippen LogP contribution < -0.4 is 10.6 Å². The Morgan fingerprint density at radius 1 is 1.37 bits per heavy atom. The van der Waals surface area contributed by atoms with E-state index in [0.29, 0.717) is 5.56 Å². The zero-order chi connectivity index (χ0) is 14.0. The number of phenolic OH excluding ortho intramolecular Hbond substituents is 1. The Hall–Kier alpha value is -2.50. The summed E-state index contributed by atoms with van der Waals surface area (Å²) in [5, 5.41) is 14.4. The molecule has 0 saturated carbocycles. The predicted molar refractivity (Wildman–Crippen MR) is 67.2 cm³/mol. The number of hydrogen-bond donors (Lipinski definition) is 3. The van der Waals surface area contributed by atoms with Crippen molar-refractivity contribution in [3.63, 3.8) is 0 Å². The highest BCUT2D eigenvalue weighted by molar-refractivity contribution is 5.85. The summed E-state index contributed by atoms with van der Waals surface area (Å²) in [5.41, 5.74) is 0.970. The molecule has 1 saturated heterocycles. The normalized spacial score (nSPS) is 22.4. The van der Waals surface area contributed by atoms with Gasteiger partial charge in [-0.25, -0.2) is 4.79 Å². The lowest BCUT2D eigenvalue weighted by atomic mass is 9.89. The zero-order valence-corrected chi connectivity index (χ0v) is 10.3. The molecule has 0 aromatic heterocycles. The van der Waals surface area contributed by atoms with Crippen LogP contribution in [0, 0.1) is 5.92 Å². The van der Waals surface area contributed by atoms with Gasteiger partial charge in [-0.15, -0.1) is 0 Å². The molecule has 6 nitrogen and oxygen atoms in total. The number of carbonyl (C=O) groups excluding carboxylic acids is 2. The number of phenols is 1. The molecule has 2 amide bonds. The summed E-state index contributed by atoms with van der Waals surface area (Å²) in [6, 6.07) is 5.24. The van der Waals surface area contributed by atoms with Crippen molar-refractivity contribution in [3.05, 3.63) is 42.1 Å². The first-order valence-corrected chi connectivity index (χ1v) is 5.66. The van der Waals surface area contributed by atoms with E-state index >= 15 is 0 Å². The Morgan fingerprint density at radius 3 is 2.58 bits per heavy atom. The number of rotatable bonds is 2. The molecule has 1 aliphatic heterocycles. The number of aromatic hydroxyl groups is 1. The fourth-order valence-corrected chi connectivity index (χ4v) is 2.05. The highest BCUT2D eigenvalue weighted by atomic mass is 16.5. The first-order valence-electron chi connectivity index (χ1n) is 5.66. The van der Waals surface area contributed by atoms with Gasteiger partial charge in [-0.2, -0.15) is 0 Å². The van der Waals surface area contributed by atoms with Crippen LogP contribution in [0.15, 0.2) is 36.5 Å². The largest absolute Gasteiger partial charge is 0.508 e. The van der Waals surface area contributed by atoms with Gasteiger partial charge < -0.3 is 20.5 Å². The minimum Gasteiger partial charge on any atom is -0.508 e. The number of amides is 2. The van der Waals surface area contributed by atoms with Gasteiger partial charge in [0.1, 0.15) is 11.7 Å². The van der Waals surface area contributed by atoms with E-state index < -0.39 is 24.0 Å². The highest BCUT2D eigenvalue weighted by Gasteiger charge is 2.38. The van der Waals surface area contributed by atoms with E-state index in [1.165, 1.54) is 19.2 Å². The van der Waals surface area contributed by atoms with Gasteiger partial charge in [0.25, 0.3) is 0 Å². The molecule has 2 rings (SSSR count). The molecule has 1 aromatic carbocycles. The van der Waals surface area contributed by atoms with Crippen molar-refractivity contribution < 1.29 is 19.4 Å². The van der Waals surface area contributed by atoms with E-state index in [2.05, 4.69) is 17.2 Å². The summed E-state index contributed by atoms with van der Waals surface area (Å²) in [4.78, 5) is 23.3. The second-order valence-electron chi connectivity index (χ2n) is 4.19. The summed E-state index contributed by atoms with van der Waals surface area (Å²) >= 11 is 0. The first-order chi connectivity index (χ1) is 9.02. The Labute approximate surface area is 110 Å². The molecular formula is C13H14N2O4. The second-order valence-corrected chi connectivity index (χ2v) is 4.19. The van der Waals surface area contributed by atoms with Crippen molar-refractivity contribution >= 4 is 12.0 Å². The lowest BCUT2D eigenvalue weighted by Crippen LogP contribution is -2.50. The predicted octanol–water partition coefficient (Wildman–Crippen LogP) is 1.05. The van der Waals surface area contributed by atoms with Crippen molar-refractivity contribution in [2.45, 2.75) is 6.04 Å². The Bertz CT molecular complexity index is 524. The third-order valence-corrected chi connectivity index (χ3v) is 2.98. The van der Waals surface area contributed by atoms with Crippen molar-refractivity contribution in [1.82, 2.24) is 10.6 Å². The van der Waals surface area contributed by atoms with E-state index in [4.69, 9.17) is 4.74 Å². The van der Waals surface area contributed by atoms with Gasteiger partial charge in [0.05, 0.1) is 13.2 Å². The van der Waals surface area contributed by atoms with Crippen molar-refractivity contribution in [2.24, 2.45) is 5.92 Å². The van der Waals surface area contributed by atoms with Crippen LogP contribution in [0.4, 0.5) is 4.79 Å². The average Bonchev–Trinajstić information content (AvgIpc) is 2.38. The molecule has 0 radical (unpaired) electrons. The summed E-state index contributed by atoms with van der Waals surface area (Å²) in [6.07, 6.45) is 0. The molecule has 1 fully saturated rings. The van der Waals surface area contributed by atoms with Gasteiger partial charge in [-0.1, -0.05) is 18.7 Å². The van der Waals surface area contributed by atoms with Crippen LogP contribution in [0.3, 0.4) is 0 Å². The third kappa shape index (κ3) is 2.52. The van der Waals surface area contributed by atoms with Crippen LogP contribution in [-0.4, -0.2) is 24.2 Å². The summed E-state index contributed by atoms with van der Waals surface area (Å²) in [5.74, 6) is -1.10. The van der Waals surface area contributed by atoms with Crippen molar-refractivity contribution in [1.29, 1.82) is 0 Å². The summed E-state index contributed by atoms with van der Waals surface area (Å²) < 4.78 is 4.73. The van der Waals surface area contributed by atoms with Crippen molar-refractivity contribution in [2.75, 3.05) is 7.11 Å². The van der Waals surface area contributed by atoms with E-state index in [-0.39, 0.29) is 11.4 Å². The Morgan fingerprint density at radius 2 is 2.00 bits per heavy atom. The van der Waals surface area contributed by atoms with Crippen LogP contribution in [-0.2, 0) is 9.53 Å². The van der Waals surface area contributed by atoms with E-state index in [0.717, 1.165) is 0 Å². The number of benzene rings is 1. The standard InChI is InChI=1S/C13H14N2O4/c1-7-10(12(17)19-2)11(15-13(18)14-7)8-3-5-9(16)6-4-8/h3-6,10-11,16H,1H2,2H3,(H2,14,15,18).